The fraction of sp³-hybridized carbons (Fsp3) is 0.412. The second kappa shape index (κ2) is 6.12. The Morgan fingerprint density at radius 2 is 2.00 bits per heavy atom. The van der Waals surface area contributed by atoms with Crippen LogP contribution in [0.1, 0.15) is 35.3 Å². The van der Waals surface area contributed by atoms with Crippen LogP contribution in [0.25, 0.3) is 0 Å². The van der Waals surface area contributed by atoms with Crippen LogP contribution in [0.5, 0.6) is 5.75 Å². The van der Waals surface area contributed by atoms with Crippen LogP contribution in [0.3, 0.4) is 0 Å². The minimum atomic E-state index is 0.515. The summed E-state index contributed by atoms with van der Waals surface area (Å²) in [7, 11) is 0. The van der Waals surface area contributed by atoms with Gasteiger partial charge in [0.1, 0.15) is 18.1 Å². The van der Waals surface area contributed by atoms with Gasteiger partial charge in [-0.1, -0.05) is 11.6 Å². The van der Waals surface area contributed by atoms with Crippen molar-refractivity contribution in [2.45, 2.75) is 45.9 Å². The highest BCUT2D eigenvalue weighted by Crippen LogP contribution is 2.28. The molecule has 0 saturated heterocycles. The molecule has 0 radical (unpaired) electrons. The lowest BCUT2D eigenvalue weighted by atomic mass is 10.1. The number of furan rings is 1. The minimum absolute atomic E-state index is 0.515. The van der Waals surface area contributed by atoms with Crippen LogP contribution >= 0.6 is 11.6 Å². The summed E-state index contributed by atoms with van der Waals surface area (Å²) in [6.45, 7) is 5.31. The molecule has 2 aromatic rings. The van der Waals surface area contributed by atoms with Gasteiger partial charge in [-0.15, -0.1) is 0 Å². The molecule has 0 aliphatic heterocycles. The van der Waals surface area contributed by atoms with Gasteiger partial charge in [-0.05, 0) is 56.0 Å². The number of benzene rings is 1. The largest absolute Gasteiger partial charge is 0.488 e. The van der Waals surface area contributed by atoms with E-state index in [0.29, 0.717) is 12.6 Å². The van der Waals surface area contributed by atoms with Gasteiger partial charge in [0.05, 0.1) is 12.8 Å². The summed E-state index contributed by atoms with van der Waals surface area (Å²) in [5.74, 6) is 1.87. The van der Waals surface area contributed by atoms with E-state index in [4.69, 9.17) is 20.8 Å². The standard InChI is InChI=1S/C17H20ClNO2/c1-11-7-14(18)8-12(2)17(11)21-10-13-5-6-20-16(13)9-19-15-3-4-15/h5-8,15,19H,3-4,9-10H2,1-2H3. The lowest BCUT2D eigenvalue weighted by Crippen LogP contribution is -2.16. The smallest absolute Gasteiger partial charge is 0.125 e. The lowest BCUT2D eigenvalue weighted by Gasteiger charge is -2.12. The van der Waals surface area contributed by atoms with E-state index in [2.05, 4.69) is 5.32 Å². The van der Waals surface area contributed by atoms with E-state index in [-0.39, 0.29) is 0 Å². The zero-order valence-electron chi connectivity index (χ0n) is 12.4. The third kappa shape index (κ3) is 3.60. The van der Waals surface area contributed by atoms with Crippen molar-refractivity contribution in [3.05, 3.63) is 51.9 Å². The highest BCUT2D eigenvalue weighted by atomic mass is 35.5. The van der Waals surface area contributed by atoms with Crippen molar-refractivity contribution in [1.29, 1.82) is 0 Å². The molecule has 0 bridgehead atoms. The minimum Gasteiger partial charge on any atom is -0.488 e. The van der Waals surface area contributed by atoms with Gasteiger partial charge in [0.2, 0.25) is 0 Å². The number of rotatable bonds is 6. The average Bonchev–Trinajstić information content (AvgIpc) is 3.14. The maximum atomic E-state index is 6.05. The molecule has 0 spiro atoms. The number of halogens is 1. The quantitative estimate of drug-likeness (QED) is 0.860. The molecule has 1 N–H and O–H groups in total. The van der Waals surface area contributed by atoms with Crippen molar-refractivity contribution in [2.24, 2.45) is 0 Å². The Hall–Kier alpha value is -1.45. The first-order valence-electron chi connectivity index (χ1n) is 7.31. The Kier molecular flexibility index (Phi) is 4.22. The van der Waals surface area contributed by atoms with Gasteiger partial charge < -0.3 is 14.5 Å². The third-order valence-electron chi connectivity index (χ3n) is 3.76. The zero-order valence-corrected chi connectivity index (χ0v) is 13.2. The van der Waals surface area contributed by atoms with E-state index in [1.807, 2.05) is 32.0 Å². The van der Waals surface area contributed by atoms with E-state index in [9.17, 15) is 0 Å². The van der Waals surface area contributed by atoms with Crippen LogP contribution < -0.4 is 10.1 Å². The Balaban J connectivity index is 1.66. The highest BCUT2D eigenvalue weighted by Gasteiger charge is 2.21. The molecule has 0 unspecified atom stereocenters. The van der Waals surface area contributed by atoms with Crippen LogP contribution in [0.15, 0.2) is 28.9 Å². The molecular formula is C17H20ClNO2. The van der Waals surface area contributed by atoms with Gasteiger partial charge in [-0.2, -0.15) is 0 Å². The Morgan fingerprint density at radius 3 is 2.67 bits per heavy atom. The van der Waals surface area contributed by atoms with E-state index < -0.39 is 0 Å². The molecular weight excluding hydrogens is 286 g/mol. The molecule has 0 atom stereocenters. The van der Waals surface area contributed by atoms with Gasteiger partial charge in [0.15, 0.2) is 0 Å². The Morgan fingerprint density at radius 1 is 1.29 bits per heavy atom. The van der Waals surface area contributed by atoms with Gasteiger partial charge in [-0.3, -0.25) is 0 Å². The molecule has 0 amide bonds. The summed E-state index contributed by atoms with van der Waals surface area (Å²) < 4.78 is 11.5. The Bertz CT molecular complexity index is 608. The van der Waals surface area contributed by atoms with E-state index in [0.717, 1.165) is 39.8 Å². The summed E-state index contributed by atoms with van der Waals surface area (Å²) in [6, 6.07) is 6.50. The van der Waals surface area contributed by atoms with Crippen LogP contribution in [-0.4, -0.2) is 6.04 Å². The maximum absolute atomic E-state index is 6.05. The summed E-state index contributed by atoms with van der Waals surface area (Å²) in [4.78, 5) is 0. The molecule has 3 nitrogen and oxygen atoms in total. The highest BCUT2D eigenvalue weighted by molar-refractivity contribution is 6.30. The van der Waals surface area contributed by atoms with E-state index >= 15 is 0 Å². The molecule has 4 heteroatoms. The van der Waals surface area contributed by atoms with Crippen molar-refractivity contribution in [3.63, 3.8) is 0 Å². The molecule has 1 aromatic carbocycles. The first-order valence-corrected chi connectivity index (χ1v) is 7.69. The zero-order chi connectivity index (χ0) is 14.8. The molecule has 1 aliphatic carbocycles. The third-order valence-corrected chi connectivity index (χ3v) is 3.98. The predicted molar refractivity (Wildman–Crippen MR) is 83.8 cm³/mol. The maximum Gasteiger partial charge on any atom is 0.125 e. The number of ether oxygens (including phenoxy) is 1. The van der Waals surface area contributed by atoms with E-state index in [1.54, 1.807) is 6.26 Å². The predicted octanol–water partition coefficient (Wildman–Crippen LogP) is 4.38. The van der Waals surface area contributed by atoms with Crippen LogP contribution in [0.2, 0.25) is 5.02 Å². The van der Waals surface area contributed by atoms with Gasteiger partial charge in [-0.25, -0.2) is 0 Å². The lowest BCUT2D eigenvalue weighted by molar-refractivity contribution is 0.297. The molecule has 3 rings (SSSR count). The average molecular weight is 306 g/mol. The molecule has 1 saturated carbocycles. The van der Waals surface area contributed by atoms with Crippen molar-refractivity contribution >= 4 is 11.6 Å². The van der Waals surface area contributed by atoms with Crippen molar-refractivity contribution in [3.8, 4) is 5.75 Å². The monoisotopic (exact) mass is 305 g/mol. The fourth-order valence-corrected chi connectivity index (χ4v) is 2.78. The Labute approximate surface area is 130 Å². The SMILES string of the molecule is Cc1cc(Cl)cc(C)c1OCc1ccoc1CNC1CC1. The number of nitrogens with one attached hydrogen (secondary N) is 1. The van der Waals surface area contributed by atoms with Gasteiger partial charge in [0, 0.05) is 16.6 Å². The van der Waals surface area contributed by atoms with Gasteiger partial charge in [0.25, 0.3) is 0 Å². The van der Waals surface area contributed by atoms with E-state index in [1.165, 1.54) is 12.8 Å². The van der Waals surface area contributed by atoms with Crippen LogP contribution in [-0.2, 0) is 13.2 Å². The summed E-state index contributed by atoms with van der Waals surface area (Å²) in [5.41, 5.74) is 3.21. The number of aryl methyl sites for hydroxylation is 2. The topological polar surface area (TPSA) is 34.4 Å². The molecule has 21 heavy (non-hydrogen) atoms. The fourth-order valence-electron chi connectivity index (χ4n) is 2.45. The first kappa shape index (κ1) is 14.5. The second-order valence-corrected chi connectivity index (χ2v) is 6.12. The second-order valence-electron chi connectivity index (χ2n) is 5.68. The summed E-state index contributed by atoms with van der Waals surface area (Å²) in [6.07, 6.45) is 4.27. The molecule has 112 valence electrons. The first-order chi connectivity index (χ1) is 10.1. The van der Waals surface area contributed by atoms with Gasteiger partial charge >= 0.3 is 0 Å². The van der Waals surface area contributed by atoms with Crippen molar-refractivity contribution in [2.75, 3.05) is 0 Å². The van der Waals surface area contributed by atoms with Crippen molar-refractivity contribution in [1.82, 2.24) is 5.32 Å². The summed E-state index contributed by atoms with van der Waals surface area (Å²) in [5, 5.41) is 4.21. The normalized spacial score (nSPS) is 14.4. The summed E-state index contributed by atoms with van der Waals surface area (Å²) >= 11 is 6.05. The molecule has 1 fully saturated rings. The van der Waals surface area contributed by atoms with Crippen LogP contribution in [0.4, 0.5) is 0 Å². The molecule has 1 aliphatic rings. The van der Waals surface area contributed by atoms with Crippen molar-refractivity contribution < 1.29 is 9.15 Å². The number of hydrogen-bond donors (Lipinski definition) is 1. The van der Waals surface area contributed by atoms with Crippen LogP contribution in [0, 0.1) is 13.8 Å². The number of hydrogen-bond acceptors (Lipinski definition) is 3. The molecule has 1 aromatic heterocycles. The molecule has 1 heterocycles.